The van der Waals surface area contributed by atoms with Gasteiger partial charge in [0.05, 0.1) is 6.10 Å². The van der Waals surface area contributed by atoms with Crippen LogP contribution in [-0.2, 0) is 18.7 Å². The lowest BCUT2D eigenvalue weighted by Gasteiger charge is -2.21. The largest absolute Gasteiger partial charge is 0.480 e. The number of aliphatic carboxylic acids is 1. The van der Waals surface area contributed by atoms with E-state index in [2.05, 4.69) is 53.2 Å². The van der Waals surface area contributed by atoms with Crippen LogP contribution in [0.25, 0.3) is 0 Å². The van der Waals surface area contributed by atoms with E-state index in [1.807, 2.05) is 0 Å². The maximum atomic E-state index is 11.9. The number of carbonyl (C=O) groups excluding carboxylic acids is 1. The van der Waals surface area contributed by atoms with Crippen LogP contribution in [0.1, 0.15) is 78.1 Å². The summed E-state index contributed by atoms with van der Waals surface area (Å²) in [7, 11) is -4.84. The molecule has 0 aromatic rings. The Morgan fingerprint density at radius 1 is 0.935 bits per heavy atom. The summed E-state index contributed by atoms with van der Waals surface area (Å²) in [6, 6.07) is -1.52. The molecule has 9 heteroatoms. The number of phosphoric ester groups is 1. The third-order valence-corrected chi connectivity index (χ3v) is 5.02. The first-order valence-electron chi connectivity index (χ1n) is 10.9. The van der Waals surface area contributed by atoms with Gasteiger partial charge in [-0.1, -0.05) is 62.6 Å². The summed E-state index contributed by atoms with van der Waals surface area (Å²) >= 11 is 0. The molecule has 0 radical (unpaired) electrons. The number of carbonyl (C=O) groups is 2. The Morgan fingerprint density at radius 3 is 2.06 bits per heavy atom. The molecule has 0 aliphatic carbocycles. The van der Waals surface area contributed by atoms with Crippen LogP contribution in [0.4, 0.5) is 0 Å². The van der Waals surface area contributed by atoms with E-state index in [0.29, 0.717) is 6.42 Å². The molecule has 1 amide bonds. The highest BCUT2D eigenvalue weighted by Crippen LogP contribution is 2.38. The molecule has 4 N–H and O–H groups in total. The number of carboxylic acids is 1. The first kappa shape index (κ1) is 29.3. The highest BCUT2D eigenvalue weighted by Gasteiger charge is 2.32. The summed E-state index contributed by atoms with van der Waals surface area (Å²) < 4.78 is 15.2. The average molecular weight is 460 g/mol. The molecule has 0 rings (SSSR count). The standard InChI is InChI=1S/C22H38NO7P/c1-3-4-5-6-7-8-9-10-11-12-13-14-15-16-17-18-20(24)23-21(22(25)26)19(2)30-31(27,28)29/h4-5,7-8,10-11,19,21H,3,6,9,12-18H2,1-2H3,(H,23,24)(H,25,26)(H2,27,28,29)/b5-4-,8-7-,11-10-/t19-,21+/m1/s1. The van der Waals surface area contributed by atoms with Gasteiger partial charge in [-0.25, -0.2) is 9.36 Å². The lowest BCUT2D eigenvalue weighted by molar-refractivity contribution is -0.144. The number of phosphoric acid groups is 1. The van der Waals surface area contributed by atoms with E-state index < -0.39 is 31.8 Å². The van der Waals surface area contributed by atoms with E-state index in [0.717, 1.165) is 51.4 Å². The summed E-state index contributed by atoms with van der Waals surface area (Å²) in [5.41, 5.74) is 0. The minimum Gasteiger partial charge on any atom is -0.480 e. The minimum atomic E-state index is -4.84. The second-order valence-corrected chi connectivity index (χ2v) is 8.48. The molecular formula is C22H38NO7P. The predicted octanol–water partition coefficient (Wildman–Crippen LogP) is 4.64. The molecule has 8 nitrogen and oxygen atoms in total. The Morgan fingerprint density at radius 2 is 1.48 bits per heavy atom. The van der Waals surface area contributed by atoms with Crippen LogP contribution in [-0.4, -0.2) is 38.9 Å². The Hall–Kier alpha value is -1.73. The molecule has 0 saturated carbocycles. The Balaban J connectivity index is 3.85. The minimum absolute atomic E-state index is 0.159. The van der Waals surface area contributed by atoms with E-state index in [9.17, 15) is 14.2 Å². The monoisotopic (exact) mass is 459 g/mol. The number of amides is 1. The Bertz CT molecular complexity index is 640. The number of nitrogens with one attached hydrogen (secondary N) is 1. The number of allylic oxidation sites excluding steroid dienone is 6. The van der Waals surface area contributed by atoms with Crippen molar-refractivity contribution in [2.24, 2.45) is 0 Å². The number of unbranched alkanes of at least 4 members (excludes halogenated alkanes) is 5. The smallest absolute Gasteiger partial charge is 0.469 e. The third kappa shape index (κ3) is 18.7. The van der Waals surface area contributed by atoms with Crippen molar-refractivity contribution in [1.82, 2.24) is 5.32 Å². The summed E-state index contributed by atoms with van der Waals surface area (Å²) in [4.78, 5) is 40.7. The van der Waals surface area contributed by atoms with Crippen molar-refractivity contribution in [3.8, 4) is 0 Å². The summed E-state index contributed by atoms with van der Waals surface area (Å²) in [5.74, 6) is -1.89. The lowest BCUT2D eigenvalue weighted by atomic mass is 10.1. The molecule has 0 aromatic heterocycles. The van der Waals surface area contributed by atoms with Crippen LogP contribution in [0.5, 0.6) is 0 Å². The second kappa shape index (κ2) is 17.9. The summed E-state index contributed by atoms with van der Waals surface area (Å²) in [6.07, 6.45) is 20.5. The van der Waals surface area contributed by atoms with Crippen molar-refractivity contribution in [3.05, 3.63) is 36.5 Å². The van der Waals surface area contributed by atoms with Gasteiger partial charge >= 0.3 is 13.8 Å². The van der Waals surface area contributed by atoms with Gasteiger partial charge in [-0.2, -0.15) is 0 Å². The van der Waals surface area contributed by atoms with Gasteiger partial charge in [-0.3, -0.25) is 9.32 Å². The average Bonchev–Trinajstić information content (AvgIpc) is 2.67. The molecule has 0 unspecified atom stereocenters. The van der Waals surface area contributed by atoms with Gasteiger partial charge in [0.1, 0.15) is 0 Å². The van der Waals surface area contributed by atoms with Gasteiger partial charge in [0, 0.05) is 6.42 Å². The number of hydrogen-bond donors (Lipinski definition) is 4. The molecule has 0 aliphatic rings. The molecule has 0 fully saturated rings. The van der Waals surface area contributed by atoms with Gasteiger partial charge in [0.25, 0.3) is 0 Å². The Labute approximate surface area is 185 Å². The van der Waals surface area contributed by atoms with Crippen LogP contribution >= 0.6 is 7.82 Å². The molecule has 0 saturated heterocycles. The van der Waals surface area contributed by atoms with E-state index in [4.69, 9.17) is 14.9 Å². The highest BCUT2D eigenvalue weighted by atomic mass is 31.2. The molecular weight excluding hydrogens is 421 g/mol. The summed E-state index contributed by atoms with van der Waals surface area (Å²) in [5, 5.41) is 11.4. The number of rotatable bonds is 18. The van der Waals surface area contributed by atoms with Crippen LogP contribution in [0.2, 0.25) is 0 Å². The normalized spacial score (nSPS) is 14.5. The van der Waals surface area contributed by atoms with Gasteiger partial charge in [-0.05, 0) is 45.4 Å². The molecule has 2 atom stereocenters. The molecule has 0 aliphatic heterocycles. The van der Waals surface area contributed by atoms with Gasteiger partial charge in [-0.15, -0.1) is 0 Å². The predicted molar refractivity (Wildman–Crippen MR) is 121 cm³/mol. The maximum absolute atomic E-state index is 11.9. The van der Waals surface area contributed by atoms with Crippen LogP contribution in [0, 0.1) is 0 Å². The maximum Gasteiger partial charge on any atom is 0.469 e. The molecule has 0 aromatic carbocycles. The number of hydrogen-bond acceptors (Lipinski definition) is 4. The lowest BCUT2D eigenvalue weighted by Crippen LogP contribution is -2.48. The van der Waals surface area contributed by atoms with Crippen molar-refractivity contribution in [1.29, 1.82) is 0 Å². The number of carboxylic acid groups (broad SMARTS) is 1. The van der Waals surface area contributed by atoms with Crippen LogP contribution < -0.4 is 5.32 Å². The molecule has 0 bridgehead atoms. The molecule has 31 heavy (non-hydrogen) atoms. The molecule has 178 valence electrons. The van der Waals surface area contributed by atoms with Crippen molar-refractivity contribution < 1.29 is 33.6 Å². The van der Waals surface area contributed by atoms with Crippen LogP contribution in [0.3, 0.4) is 0 Å². The first-order chi connectivity index (χ1) is 14.7. The second-order valence-electron chi connectivity index (χ2n) is 7.28. The van der Waals surface area contributed by atoms with Crippen LogP contribution in [0.15, 0.2) is 36.5 Å². The van der Waals surface area contributed by atoms with E-state index in [1.165, 1.54) is 6.92 Å². The zero-order chi connectivity index (χ0) is 23.5. The van der Waals surface area contributed by atoms with E-state index >= 15 is 0 Å². The molecule has 0 spiro atoms. The quantitative estimate of drug-likeness (QED) is 0.133. The van der Waals surface area contributed by atoms with Gasteiger partial charge in [0.15, 0.2) is 6.04 Å². The zero-order valence-electron chi connectivity index (χ0n) is 18.6. The fourth-order valence-corrected chi connectivity index (χ4v) is 3.36. The Kier molecular flexibility index (Phi) is 16.9. The molecule has 0 heterocycles. The zero-order valence-corrected chi connectivity index (χ0v) is 19.5. The third-order valence-electron chi connectivity index (χ3n) is 4.41. The van der Waals surface area contributed by atoms with E-state index in [1.54, 1.807) is 0 Å². The van der Waals surface area contributed by atoms with Crippen molar-refractivity contribution >= 4 is 19.7 Å². The first-order valence-corrected chi connectivity index (χ1v) is 12.4. The van der Waals surface area contributed by atoms with Gasteiger partial charge in [0.2, 0.25) is 5.91 Å². The summed E-state index contributed by atoms with van der Waals surface area (Å²) in [6.45, 7) is 3.31. The fourth-order valence-electron chi connectivity index (χ4n) is 2.81. The SMILES string of the molecule is CC/C=C\C/C=C\C/C=C\CCCCCCCC(=O)N[C@H](C(=O)O)[C@@H](C)OP(=O)(O)O. The van der Waals surface area contributed by atoms with Crippen molar-refractivity contribution in [2.75, 3.05) is 0 Å². The fraction of sp³-hybridized carbons (Fsp3) is 0.636. The van der Waals surface area contributed by atoms with E-state index in [-0.39, 0.29) is 6.42 Å². The van der Waals surface area contributed by atoms with Gasteiger partial charge < -0.3 is 20.2 Å². The topological polar surface area (TPSA) is 133 Å². The van der Waals surface area contributed by atoms with Crippen molar-refractivity contribution in [3.63, 3.8) is 0 Å². The van der Waals surface area contributed by atoms with Crippen molar-refractivity contribution in [2.45, 2.75) is 90.2 Å². The highest BCUT2D eigenvalue weighted by molar-refractivity contribution is 7.46.